The molecule has 0 aliphatic heterocycles. The highest BCUT2D eigenvalue weighted by molar-refractivity contribution is 7.47. The minimum Gasteiger partial charge on any atom is -0.387 e. The molecule has 68 heavy (non-hydrogen) atoms. The van der Waals surface area contributed by atoms with Crippen LogP contribution >= 0.6 is 7.82 Å². The van der Waals surface area contributed by atoms with E-state index in [2.05, 4.69) is 129 Å². The van der Waals surface area contributed by atoms with Crippen LogP contribution in [0, 0.1) is 0 Å². The summed E-state index contributed by atoms with van der Waals surface area (Å²) in [6, 6.07) is -0.855. The summed E-state index contributed by atoms with van der Waals surface area (Å²) in [4.78, 5) is 23.1. The number of carbonyl (C=O) groups is 1. The summed E-state index contributed by atoms with van der Waals surface area (Å²) < 4.78 is 23.5. The number of hydrogen-bond acceptors (Lipinski definition) is 5. The van der Waals surface area contributed by atoms with Crippen molar-refractivity contribution in [2.45, 2.75) is 206 Å². The van der Waals surface area contributed by atoms with Crippen molar-refractivity contribution < 1.29 is 32.9 Å². The maximum atomic E-state index is 12.9. The van der Waals surface area contributed by atoms with Crippen LogP contribution in [0.15, 0.2) is 122 Å². The Morgan fingerprint density at radius 1 is 0.515 bits per heavy atom. The van der Waals surface area contributed by atoms with E-state index in [0.717, 1.165) is 103 Å². The predicted molar refractivity (Wildman–Crippen MR) is 295 cm³/mol. The standard InChI is InChI=1S/C59H101N2O6P/c1-6-8-10-12-14-16-17-18-19-20-21-22-23-24-25-26-27-28-29-30-31-32-33-34-35-36-37-38-39-40-41-42-43-45-47-49-51-53-59(63)60-57(56-67-68(64,65)66-55-54-61(3,4)5)58(62)52-50-48-46-44-15-13-11-9-7-2/h8,10,14,16,18-19,21-22,24-25,27-28,30-31,33-34,36-37,50,52,57-58,62H,6-7,9,11-13,15,17,20,23,26,29,32,35,38-49,51,53-56H2,1-5H3,(H-,60,63,64,65)/p+1/b10-8-,16-14-,19-18-,22-21-,25-24-,28-27-,31-30-,34-33-,37-36-,52-50+. The van der Waals surface area contributed by atoms with Crippen molar-refractivity contribution in [1.82, 2.24) is 5.32 Å². The maximum Gasteiger partial charge on any atom is 0.472 e. The summed E-state index contributed by atoms with van der Waals surface area (Å²) in [7, 11) is 1.55. The van der Waals surface area contributed by atoms with Gasteiger partial charge in [-0.05, 0) is 89.9 Å². The Labute approximate surface area is 418 Å². The second-order valence-corrected chi connectivity index (χ2v) is 20.3. The Bertz CT molecular complexity index is 1510. The number of rotatable bonds is 47. The number of nitrogens with one attached hydrogen (secondary N) is 1. The van der Waals surface area contributed by atoms with Gasteiger partial charge in [-0.1, -0.05) is 219 Å². The predicted octanol–water partition coefficient (Wildman–Crippen LogP) is 16.2. The van der Waals surface area contributed by atoms with Gasteiger partial charge in [-0.3, -0.25) is 13.8 Å². The number of hydrogen-bond donors (Lipinski definition) is 3. The number of likely N-dealkylation sites (N-methyl/N-ethyl adjacent to an activating group) is 1. The highest BCUT2D eigenvalue weighted by Crippen LogP contribution is 2.43. The third-order valence-corrected chi connectivity index (χ3v) is 12.2. The number of amides is 1. The van der Waals surface area contributed by atoms with Gasteiger partial charge in [0, 0.05) is 6.42 Å². The van der Waals surface area contributed by atoms with Crippen LogP contribution in [0.25, 0.3) is 0 Å². The molecule has 0 spiro atoms. The van der Waals surface area contributed by atoms with E-state index in [1.807, 2.05) is 27.2 Å². The first-order valence-corrected chi connectivity index (χ1v) is 28.4. The number of nitrogens with zero attached hydrogens (tertiary/aromatic N) is 1. The number of carbonyl (C=O) groups excluding carboxylic acids is 1. The molecule has 0 saturated carbocycles. The molecule has 388 valence electrons. The van der Waals surface area contributed by atoms with Crippen LogP contribution in [0.1, 0.15) is 194 Å². The molecule has 0 aliphatic rings. The van der Waals surface area contributed by atoms with Crippen LogP contribution in [-0.4, -0.2) is 73.4 Å². The number of unbranched alkanes of at least 4 members (excludes halogenated alkanes) is 16. The second kappa shape index (κ2) is 48.9. The summed E-state index contributed by atoms with van der Waals surface area (Å²) in [6.45, 7) is 4.64. The molecule has 0 aromatic heterocycles. The smallest absolute Gasteiger partial charge is 0.387 e. The number of quaternary nitrogens is 1. The number of aliphatic hydroxyl groups is 1. The topological polar surface area (TPSA) is 105 Å². The van der Waals surface area contributed by atoms with Crippen molar-refractivity contribution in [2.24, 2.45) is 0 Å². The Morgan fingerprint density at radius 2 is 0.882 bits per heavy atom. The molecule has 0 aromatic rings. The Morgan fingerprint density at radius 3 is 1.29 bits per heavy atom. The molecule has 0 aromatic carbocycles. The molecule has 0 fully saturated rings. The van der Waals surface area contributed by atoms with Gasteiger partial charge in [0.05, 0.1) is 39.9 Å². The van der Waals surface area contributed by atoms with E-state index in [4.69, 9.17) is 9.05 Å². The van der Waals surface area contributed by atoms with E-state index >= 15 is 0 Å². The molecule has 0 heterocycles. The summed E-state index contributed by atoms with van der Waals surface area (Å²) in [5.74, 6) is -0.192. The number of aliphatic hydroxyl groups excluding tert-OH is 1. The van der Waals surface area contributed by atoms with Gasteiger partial charge >= 0.3 is 7.82 Å². The highest BCUT2D eigenvalue weighted by Gasteiger charge is 2.27. The molecule has 3 atom stereocenters. The maximum absolute atomic E-state index is 12.9. The number of allylic oxidation sites excluding steroid dienone is 19. The molecule has 0 aliphatic carbocycles. The van der Waals surface area contributed by atoms with Crippen molar-refractivity contribution in [2.75, 3.05) is 40.9 Å². The third-order valence-electron chi connectivity index (χ3n) is 11.2. The number of phosphoric ester groups is 1. The van der Waals surface area contributed by atoms with Gasteiger partial charge in [-0.15, -0.1) is 0 Å². The molecule has 0 radical (unpaired) electrons. The van der Waals surface area contributed by atoms with Crippen molar-refractivity contribution in [3.8, 4) is 0 Å². The van der Waals surface area contributed by atoms with Gasteiger partial charge in [0.2, 0.25) is 5.91 Å². The van der Waals surface area contributed by atoms with Crippen molar-refractivity contribution in [3.05, 3.63) is 122 Å². The van der Waals surface area contributed by atoms with Crippen molar-refractivity contribution in [3.63, 3.8) is 0 Å². The molecule has 3 N–H and O–H groups in total. The molecule has 9 heteroatoms. The summed E-state index contributed by atoms with van der Waals surface area (Å²) in [5.41, 5.74) is 0. The molecule has 0 saturated heterocycles. The van der Waals surface area contributed by atoms with E-state index in [0.29, 0.717) is 17.4 Å². The average Bonchev–Trinajstić information content (AvgIpc) is 3.30. The monoisotopic (exact) mass is 966 g/mol. The zero-order valence-corrected chi connectivity index (χ0v) is 44.9. The minimum absolute atomic E-state index is 0.0542. The second-order valence-electron chi connectivity index (χ2n) is 18.9. The lowest BCUT2D eigenvalue weighted by molar-refractivity contribution is -0.870. The quantitative estimate of drug-likeness (QED) is 0.0243. The molecule has 0 rings (SSSR count). The minimum atomic E-state index is -4.34. The SMILES string of the molecule is CC/C=C\C/C=C\C/C=C\C/C=C\C/C=C\C/C=C\C/C=C\C/C=C\C/C=C\CCCCCCCCCCCC(=O)NC(COP(=O)(O)OCC[N+](C)(C)C)C(O)/C=C/CCCCCCCCC. The normalized spacial score (nSPS) is 15.0. The molecule has 0 bridgehead atoms. The Kier molecular flexibility index (Phi) is 46.7. The van der Waals surface area contributed by atoms with Crippen LogP contribution in [0.5, 0.6) is 0 Å². The van der Waals surface area contributed by atoms with Crippen LogP contribution in [0.4, 0.5) is 0 Å². The van der Waals surface area contributed by atoms with Crippen molar-refractivity contribution >= 4 is 13.7 Å². The zero-order valence-electron chi connectivity index (χ0n) is 44.0. The fraction of sp³-hybridized carbons (Fsp3) is 0.644. The van der Waals surface area contributed by atoms with E-state index in [-0.39, 0.29) is 19.1 Å². The summed E-state index contributed by atoms with van der Waals surface area (Å²) >= 11 is 0. The lowest BCUT2D eigenvalue weighted by Gasteiger charge is -2.25. The van der Waals surface area contributed by atoms with Gasteiger partial charge < -0.3 is 19.8 Å². The number of phosphoric acid groups is 1. The molecular weight excluding hydrogens is 864 g/mol. The van der Waals surface area contributed by atoms with Crippen LogP contribution < -0.4 is 5.32 Å². The summed E-state index contributed by atoms with van der Waals surface area (Å²) in [5, 5.41) is 13.8. The lowest BCUT2D eigenvalue weighted by atomic mass is 10.0. The van der Waals surface area contributed by atoms with Gasteiger partial charge in [-0.25, -0.2) is 4.57 Å². The van der Waals surface area contributed by atoms with E-state index in [1.165, 1.54) is 70.6 Å². The van der Waals surface area contributed by atoms with E-state index in [9.17, 15) is 19.4 Å². The first-order chi connectivity index (χ1) is 33.0. The fourth-order valence-electron chi connectivity index (χ4n) is 6.97. The van der Waals surface area contributed by atoms with Crippen molar-refractivity contribution in [1.29, 1.82) is 0 Å². The van der Waals surface area contributed by atoms with Crippen LogP contribution in [-0.2, 0) is 18.4 Å². The third kappa shape index (κ3) is 50.8. The molecular formula is C59H102N2O6P+. The van der Waals surface area contributed by atoms with Gasteiger partial charge in [0.25, 0.3) is 0 Å². The Hall–Kier alpha value is -3.10. The first-order valence-electron chi connectivity index (χ1n) is 26.9. The van der Waals surface area contributed by atoms with Gasteiger partial charge in [0.1, 0.15) is 13.2 Å². The highest BCUT2D eigenvalue weighted by atomic mass is 31.2. The van der Waals surface area contributed by atoms with E-state index in [1.54, 1.807) is 6.08 Å². The van der Waals surface area contributed by atoms with E-state index < -0.39 is 20.0 Å². The Balaban J connectivity index is 4.08. The average molecular weight is 966 g/mol. The molecule has 3 unspecified atom stereocenters. The first kappa shape index (κ1) is 64.9. The fourth-order valence-corrected chi connectivity index (χ4v) is 7.71. The van der Waals surface area contributed by atoms with Crippen LogP contribution in [0.3, 0.4) is 0 Å². The van der Waals surface area contributed by atoms with Crippen LogP contribution in [0.2, 0.25) is 0 Å². The molecule has 1 amide bonds. The van der Waals surface area contributed by atoms with Gasteiger partial charge in [0.15, 0.2) is 0 Å². The summed E-state index contributed by atoms with van der Waals surface area (Å²) in [6.07, 6.45) is 73.0. The van der Waals surface area contributed by atoms with Gasteiger partial charge in [-0.2, -0.15) is 0 Å². The largest absolute Gasteiger partial charge is 0.472 e. The molecule has 8 nitrogen and oxygen atoms in total. The zero-order chi connectivity index (χ0) is 49.9. The lowest BCUT2D eigenvalue weighted by Crippen LogP contribution is -2.45.